The van der Waals surface area contributed by atoms with E-state index in [4.69, 9.17) is 21.1 Å². The van der Waals surface area contributed by atoms with Crippen molar-refractivity contribution >= 4 is 27.3 Å². The van der Waals surface area contributed by atoms with Gasteiger partial charge in [-0.15, -0.1) is 0 Å². The fraction of sp³-hybridized carbons (Fsp3) is 0.429. The minimum Gasteiger partial charge on any atom is -0.491 e. The zero-order valence-corrected chi connectivity index (χ0v) is 18.6. The van der Waals surface area contributed by atoms with Crippen molar-refractivity contribution in [2.24, 2.45) is 0 Å². The van der Waals surface area contributed by atoms with E-state index in [1.165, 1.54) is 11.4 Å². The minimum absolute atomic E-state index is 0.0788. The highest BCUT2D eigenvalue weighted by molar-refractivity contribution is 7.92. The lowest BCUT2D eigenvalue weighted by Crippen LogP contribution is -2.43. The third-order valence-corrected chi connectivity index (χ3v) is 6.42. The fourth-order valence-electron chi connectivity index (χ4n) is 3.26. The number of anilines is 1. The summed E-state index contributed by atoms with van der Waals surface area (Å²) in [5.41, 5.74) is 1.57. The summed E-state index contributed by atoms with van der Waals surface area (Å²) in [6.07, 6.45) is 0.405. The number of morpholine rings is 1. The van der Waals surface area contributed by atoms with Gasteiger partial charge in [-0.1, -0.05) is 23.7 Å². The number of benzene rings is 2. The Kier molecular flexibility index (Phi) is 7.60. The summed E-state index contributed by atoms with van der Waals surface area (Å²) in [7, 11) is -1.81. The number of ether oxygens (including phenoxy) is 2. The van der Waals surface area contributed by atoms with Crippen LogP contribution in [0.4, 0.5) is 5.69 Å². The number of hydrogen-bond donors (Lipinski definition) is 1. The summed E-state index contributed by atoms with van der Waals surface area (Å²) in [6, 6.07) is 14.3. The van der Waals surface area contributed by atoms with E-state index in [2.05, 4.69) is 4.90 Å². The molecule has 3 rings (SSSR count). The predicted octanol–water partition coefficient (Wildman–Crippen LogP) is 2.55. The molecule has 9 heteroatoms. The average Bonchev–Trinajstić information content (AvgIpc) is 2.72. The summed E-state index contributed by atoms with van der Waals surface area (Å²) in [4.78, 5) is 2.15. The molecule has 0 saturated carbocycles. The molecule has 2 aromatic rings. The molecule has 2 aromatic carbocycles. The SMILES string of the molecule is CN(c1ccc(OC[C@H](O)CN2CCOC(c3cccc(Cl)c3)C2)cc1)S(C)(=O)=O. The van der Waals surface area contributed by atoms with Crippen molar-refractivity contribution < 1.29 is 23.0 Å². The Balaban J connectivity index is 1.49. The maximum atomic E-state index is 11.6. The first kappa shape index (κ1) is 22.8. The number of aliphatic hydroxyl groups is 1. The van der Waals surface area contributed by atoms with Crippen molar-refractivity contribution in [3.05, 3.63) is 59.1 Å². The van der Waals surface area contributed by atoms with Crippen LogP contribution >= 0.6 is 11.6 Å². The molecular weight excluding hydrogens is 428 g/mol. The van der Waals surface area contributed by atoms with Crippen LogP contribution in [0.2, 0.25) is 5.02 Å². The number of nitrogens with zero attached hydrogens (tertiary/aromatic N) is 2. The first-order chi connectivity index (χ1) is 14.2. The van der Waals surface area contributed by atoms with Crippen LogP contribution in [0.3, 0.4) is 0 Å². The molecule has 1 heterocycles. The molecule has 0 bridgehead atoms. The molecule has 1 saturated heterocycles. The van der Waals surface area contributed by atoms with Gasteiger partial charge in [0.2, 0.25) is 10.0 Å². The highest BCUT2D eigenvalue weighted by Gasteiger charge is 2.24. The second-order valence-electron chi connectivity index (χ2n) is 7.36. The lowest BCUT2D eigenvalue weighted by Gasteiger charge is -2.34. The molecule has 1 unspecified atom stereocenters. The smallest absolute Gasteiger partial charge is 0.231 e. The zero-order chi connectivity index (χ0) is 21.7. The van der Waals surface area contributed by atoms with E-state index >= 15 is 0 Å². The van der Waals surface area contributed by atoms with Crippen molar-refractivity contribution in [3.8, 4) is 5.75 Å². The minimum atomic E-state index is -3.31. The number of halogens is 1. The first-order valence-corrected chi connectivity index (χ1v) is 11.9. The molecule has 30 heavy (non-hydrogen) atoms. The third kappa shape index (κ3) is 6.33. The van der Waals surface area contributed by atoms with E-state index in [1.54, 1.807) is 24.3 Å². The Bertz CT molecular complexity index is 939. The van der Waals surface area contributed by atoms with Crippen molar-refractivity contribution in [2.75, 3.05) is 50.5 Å². The first-order valence-electron chi connectivity index (χ1n) is 9.66. The van der Waals surface area contributed by atoms with E-state index in [1.807, 2.05) is 24.3 Å². The Labute approximate surface area is 182 Å². The molecule has 7 nitrogen and oxygen atoms in total. The van der Waals surface area contributed by atoms with Crippen LogP contribution in [0.5, 0.6) is 5.75 Å². The van der Waals surface area contributed by atoms with Crippen LogP contribution in [0, 0.1) is 0 Å². The topological polar surface area (TPSA) is 79.3 Å². The second kappa shape index (κ2) is 9.98. The van der Waals surface area contributed by atoms with Gasteiger partial charge in [0.15, 0.2) is 0 Å². The quantitative estimate of drug-likeness (QED) is 0.660. The van der Waals surface area contributed by atoms with Crippen LogP contribution in [-0.2, 0) is 14.8 Å². The Morgan fingerprint density at radius 3 is 2.70 bits per heavy atom. The molecule has 1 fully saturated rings. The molecule has 0 aromatic heterocycles. The largest absolute Gasteiger partial charge is 0.491 e. The van der Waals surface area contributed by atoms with E-state index in [0.29, 0.717) is 36.2 Å². The van der Waals surface area contributed by atoms with Gasteiger partial charge in [-0.25, -0.2) is 8.42 Å². The van der Waals surface area contributed by atoms with Crippen molar-refractivity contribution in [2.45, 2.75) is 12.2 Å². The Morgan fingerprint density at radius 1 is 1.30 bits per heavy atom. The van der Waals surface area contributed by atoms with Gasteiger partial charge < -0.3 is 14.6 Å². The summed E-state index contributed by atoms with van der Waals surface area (Å²) < 4.78 is 35.9. The van der Waals surface area contributed by atoms with E-state index in [0.717, 1.165) is 18.4 Å². The number of sulfonamides is 1. The van der Waals surface area contributed by atoms with Crippen LogP contribution in [-0.4, -0.2) is 70.7 Å². The van der Waals surface area contributed by atoms with Gasteiger partial charge in [-0.3, -0.25) is 9.21 Å². The van der Waals surface area contributed by atoms with Gasteiger partial charge in [-0.2, -0.15) is 0 Å². The summed E-state index contributed by atoms with van der Waals surface area (Å²) in [5.74, 6) is 0.568. The molecule has 164 valence electrons. The number of rotatable bonds is 8. The lowest BCUT2D eigenvalue weighted by atomic mass is 10.1. The molecule has 2 atom stereocenters. The molecule has 1 N–H and O–H groups in total. The second-order valence-corrected chi connectivity index (χ2v) is 9.81. The highest BCUT2D eigenvalue weighted by Crippen LogP contribution is 2.25. The van der Waals surface area contributed by atoms with Crippen molar-refractivity contribution in [1.29, 1.82) is 0 Å². The number of β-amino-alcohol motifs (C(OH)–C–C–N with tert-alkyl or cyclic N) is 1. The number of hydrogen-bond acceptors (Lipinski definition) is 6. The molecule has 1 aliphatic heterocycles. The Hall–Kier alpha value is -1.84. The van der Waals surface area contributed by atoms with Gasteiger partial charge in [0, 0.05) is 31.7 Å². The lowest BCUT2D eigenvalue weighted by molar-refractivity contribution is -0.0459. The summed E-state index contributed by atoms with van der Waals surface area (Å²) >= 11 is 6.08. The van der Waals surface area contributed by atoms with Crippen LogP contribution in [0.1, 0.15) is 11.7 Å². The summed E-state index contributed by atoms with van der Waals surface area (Å²) in [6.45, 7) is 2.60. The van der Waals surface area contributed by atoms with Crippen LogP contribution in [0.25, 0.3) is 0 Å². The zero-order valence-electron chi connectivity index (χ0n) is 17.1. The summed E-state index contributed by atoms with van der Waals surface area (Å²) in [5, 5.41) is 11.1. The molecule has 0 aliphatic carbocycles. The number of aliphatic hydroxyl groups excluding tert-OH is 1. The van der Waals surface area contributed by atoms with Crippen molar-refractivity contribution in [1.82, 2.24) is 4.90 Å². The molecular formula is C21H27ClN2O5S. The van der Waals surface area contributed by atoms with Gasteiger partial charge in [0.05, 0.1) is 24.7 Å². The molecule has 0 spiro atoms. The monoisotopic (exact) mass is 454 g/mol. The van der Waals surface area contributed by atoms with E-state index in [-0.39, 0.29) is 12.7 Å². The normalized spacial score (nSPS) is 18.7. The Morgan fingerprint density at radius 2 is 2.03 bits per heavy atom. The third-order valence-electron chi connectivity index (χ3n) is 4.98. The fourth-order valence-corrected chi connectivity index (χ4v) is 3.97. The standard InChI is InChI=1S/C21H27ClN2O5S/c1-23(30(2,26)27)18-6-8-20(9-7-18)29-15-19(25)13-24-10-11-28-21(14-24)16-4-3-5-17(22)12-16/h3-9,12,19,21,25H,10-11,13-15H2,1-2H3/t19-,21?/m1/s1. The van der Waals surface area contributed by atoms with Crippen LogP contribution in [0.15, 0.2) is 48.5 Å². The van der Waals surface area contributed by atoms with E-state index < -0.39 is 16.1 Å². The van der Waals surface area contributed by atoms with Gasteiger partial charge in [-0.05, 0) is 42.0 Å². The van der Waals surface area contributed by atoms with Gasteiger partial charge in [0.25, 0.3) is 0 Å². The molecule has 0 radical (unpaired) electrons. The predicted molar refractivity (Wildman–Crippen MR) is 118 cm³/mol. The highest BCUT2D eigenvalue weighted by atomic mass is 35.5. The molecule has 1 aliphatic rings. The van der Waals surface area contributed by atoms with E-state index in [9.17, 15) is 13.5 Å². The maximum absolute atomic E-state index is 11.6. The maximum Gasteiger partial charge on any atom is 0.231 e. The van der Waals surface area contributed by atoms with Gasteiger partial charge >= 0.3 is 0 Å². The molecule has 0 amide bonds. The van der Waals surface area contributed by atoms with Crippen molar-refractivity contribution in [3.63, 3.8) is 0 Å². The average molecular weight is 455 g/mol. The van der Waals surface area contributed by atoms with Gasteiger partial charge in [0.1, 0.15) is 18.5 Å². The van der Waals surface area contributed by atoms with Crippen LogP contribution < -0.4 is 9.04 Å².